The fourth-order valence-electron chi connectivity index (χ4n) is 2.23. The number of aliphatic hydroxyl groups is 1. The summed E-state index contributed by atoms with van der Waals surface area (Å²) in [6.45, 7) is 1.28. The van der Waals surface area contributed by atoms with Crippen molar-refractivity contribution in [2.75, 3.05) is 19.9 Å². The van der Waals surface area contributed by atoms with Crippen LogP contribution in [0.3, 0.4) is 0 Å². The van der Waals surface area contributed by atoms with Crippen molar-refractivity contribution in [3.8, 4) is 11.5 Å². The maximum atomic E-state index is 11.9. The van der Waals surface area contributed by atoms with E-state index in [1.54, 1.807) is 11.0 Å². The van der Waals surface area contributed by atoms with E-state index in [1.807, 2.05) is 18.2 Å². The van der Waals surface area contributed by atoms with Crippen molar-refractivity contribution in [1.82, 2.24) is 4.90 Å². The second-order valence-electron chi connectivity index (χ2n) is 4.67. The molecule has 5 nitrogen and oxygen atoms in total. The predicted molar refractivity (Wildman–Crippen MR) is 68.8 cm³/mol. The highest BCUT2D eigenvalue weighted by molar-refractivity contribution is 5.92. The van der Waals surface area contributed by atoms with Gasteiger partial charge < -0.3 is 19.5 Å². The zero-order valence-corrected chi connectivity index (χ0v) is 10.4. The summed E-state index contributed by atoms with van der Waals surface area (Å²) in [5.41, 5.74) is 0.886. The summed E-state index contributed by atoms with van der Waals surface area (Å²) < 4.78 is 10.5. The highest BCUT2D eigenvalue weighted by atomic mass is 16.7. The number of rotatable bonds is 2. The maximum absolute atomic E-state index is 11.9. The number of carbonyl (C=O) groups excluding carboxylic acids is 1. The second kappa shape index (κ2) is 4.93. The minimum atomic E-state index is -0.386. The van der Waals surface area contributed by atoms with Crippen LogP contribution >= 0.6 is 0 Å². The van der Waals surface area contributed by atoms with E-state index in [9.17, 15) is 9.90 Å². The zero-order valence-electron chi connectivity index (χ0n) is 10.4. The molecule has 0 spiro atoms. The molecule has 0 bridgehead atoms. The molecule has 0 aliphatic carbocycles. The zero-order chi connectivity index (χ0) is 13.2. The van der Waals surface area contributed by atoms with E-state index in [1.165, 1.54) is 6.08 Å². The predicted octanol–water partition coefficient (Wildman–Crippen LogP) is 1.02. The number of β-amino-alcohol motifs (C(OH)–C–C–N with tert-alkyl or cyclic N) is 1. The summed E-state index contributed by atoms with van der Waals surface area (Å²) >= 11 is 0. The lowest BCUT2D eigenvalue weighted by molar-refractivity contribution is -0.125. The Morgan fingerprint density at radius 3 is 3.00 bits per heavy atom. The van der Waals surface area contributed by atoms with Gasteiger partial charge in [0.1, 0.15) is 0 Å². The van der Waals surface area contributed by atoms with Crippen molar-refractivity contribution < 1.29 is 19.4 Å². The Morgan fingerprint density at radius 2 is 2.21 bits per heavy atom. The molecular weight excluding hydrogens is 246 g/mol. The minimum absolute atomic E-state index is 0.0748. The fraction of sp³-hybridized carbons (Fsp3) is 0.357. The van der Waals surface area contributed by atoms with Crippen molar-refractivity contribution in [1.29, 1.82) is 0 Å². The summed E-state index contributed by atoms with van der Waals surface area (Å²) in [5, 5.41) is 9.39. The molecule has 1 unspecified atom stereocenters. The Balaban J connectivity index is 1.67. The van der Waals surface area contributed by atoms with E-state index in [4.69, 9.17) is 9.47 Å². The quantitative estimate of drug-likeness (QED) is 0.808. The molecular formula is C14H15NO4. The normalized spacial score (nSPS) is 21.3. The van der Waals surface area contributed by atoms with Crippen molar-refractivity contribution >= 4 is 12.0 Å². The van der Waals surface area contributed by atoms with Crippen LogP contribution in [0.2, 0.25) is 0 Å². The molecule has 2 heterocycles. The third kappa shape index (κ3) is 2.56. The van der Waals surface area contributed by atoms with Gasteiger partial charge in [-0.3, -0.25) is 4.79 Å². The number of ether oxygens (including phenoxy) is 2. The number of benzene rings is 1. The molecule has 2 aliphatic heterocycles. The molecule has 0 saturated carbocycles. The van der Waals surface area contributed by atoms with E-state index in [0.717, 1.165) is 11.3 Å². The summed E-state index contributed by atoms with van der Waals surface area (Å²) in [6.07, 6.45) is 3.54. The van der Waals surface area contributed by atoms with Gasteiger partial charge in [-0.25, -0.2) is 0 Å². The highest BCUT2D eigenvalue weighted by Crippen LogP contribution is 2.32. The molecule has 100 valence electrons. The van der Waals surface area contributed by atoms with Crippen molar-refractivity contribution in [2.24, 2.45) is 0 Å². The standard InChI is InChI=1S/C14H15NO4/c16-11-5-6-15(8-11)14(17)4-2-10-1-3-12-13(7-10)19-9-18-12/h1-4,7,11,16H,5-6,8-9H2. The third-order valence-electron chi connectivity index (χ3n) is 3.29. The van der Waals surface area contributed by atoms with Crippen LogP contribution in [0.15, 0.2) is 24.3 Å². The van der Waals surface area contributed by atoms with Crippen LogP contribution in [0.25, 0.3) is 6.08 Å². The molecule has 0 aromatic heterocycles. The largest absolute Gasteiger partial charge is 0.454 e. The molecule has 1 fully saturated rings. The first-order chi connectivity index (χ1) is 9.22. The van der Waals surface area contributed by atoms with Gasteiger partial charge in [-0.1, -0.05) is 6.07 Å². The molecule has 1 saturated heterocycles. The van der Waals surface area contributed by atoms with Gasteiger partial charge in [0.15, 0.2) is 11.5 Å². The van der Waals surface area contributed by atoms with Crippen molar-refractivity contribution in [3.63, 3.8) is 0 Å². The van der Waals surface area contributed by atoms with Crippen molar-refractivity contribution in [3.05, 3.63) is 29.8 Å². The lowest BCUT2D eigenvalue weighted by Gasteiger charge is -2.12. The van der Waals surface area contributed by atoms with Crippen LogP contribution in [0, 0.1) is 0 Å². The average Bonchev–Trinajstić information content (AvgIpc) is 3.03. The van der Waals surface area contributed by atoms with Gasteiger partial charge in [-0.05, 0) is 30.2 Å². The van der Waals surface area contributed by atoms with Gasteiger partial charge in [0.05, 0.1) is 6.10 Å². The first-order valence-corrected chi connectivity index (χ1v) is 6.27. The number of likely N-dealkylation sites (tertiary alicyclic amines) is 1. The van der Waals surface area contributed by atoms with Crippen LogP contribution in [0.4, 0.5) is 0 Å². The monoisotopic (exact) mass is 261 g/mol. The van der Waals surface area contributed by atoms with Crippen molar-refractivity contribution in [2.45, 2.75) is 12.5 Å². The Morgan fingerprint density at radius 1 is 1.37 bits per heavy atom. The molecule has 19 heavy (non-hydrogen) atoms. The number of hydrogen-bond donors (Lipinski definition) is 1. The van der Waals surface area contributed by atoms with Gasteiger partial charge in [-0.15, -0.1) is 0 Å². The lowest BCUT2D eigenvalue weighted by Crippen LogP contribution is -2.27. The number of nitrogens with zero attached hydrogens (tertiary/aromatic N) is 1. The van der Waals surface area contributed by atoms with E-state index in [-0.39, 0.29) is 18.8 Å². The average molecular weight is 261 g/mol. The maximum Gasteiger partial charge on any atom is 0.246 e. The Bertz CT molecular complexity index is 526. The van der Waals surface area contributed by atoms with Gasteiger partial charge in [-0.2, -0.15) is 0 Å². The highest BCUT2D eigenvalue weighted by Gasteiger charge is 2.22. The number of hydrogen-bond acceptors (Lipinski definition) is 4. The smallest absolute Gasteiger partial charge is 0.246 e. The van der Waals surface area contributed by atoms with E-state index >= 15 is 0 Å². The van der Waals surface area contributed by atoms with Gasteiger partial charge >= 0.3 is 0 Å². The van der Waals surface area contributed by atoms with E-state index in [0.29, 0.717) is 25.3 Å². The molecule has 1 amide bonds. The Kier molecular flexibility index (Phi) is 3.13. The first kappa shape index (κ1) is 12.0. The molecule has 5 heteroatoms. The van der Waals surface area contributed by atoms with E-state index in [2.05, 4.69) is 0 Å². The summed E-state index contributed by atoms with van der Waals surface area (Å²) in [6, 6.07) is 5.53. The molecule has 0 radical (unpaired) electrons. The Labute approximate surface area is 111 Å². The van der Waals surface area contributed by atoms with Gasteiger partial charge in [0.25, 0.3) is 0 Å². The summed E-state index contributed by atoms with van der Waals surface area (Å²) in [4.78, 5) is 13.5. The van der Waals surface area contributed by atoms with Gasteiger partial charge in [0.2, 0.25) is 12.7 Å². The molecule has 1 N–H and O–H groups in total. The minimum Gasteiger partial charge on any atom is -0.454 e. The van der Waals surface area contributed by atoms with Gasteiger partial charge in [0, 0.05) is 19.2 Å². The molecule has 1 aromatic rings. The third-order valence-corrected chi connectivity index (χ3v) is 3.29. The van der Waals surface area contributed by atoms with E-state index < -0.39 is 0 Å². The topological polar surface area (TPSA) is 59.0 Å². The molecule has 2 aliphatic rings. The molecule has 3 rings (SSSR count). The second-order valence-corrected chi connectivity index (χ2v) is 4.67. The number of carbonyl (C=O) groups is 1. The number of fused-ring (bicyclic) bond motifs is 1. The first-order valence-electron chi connectivity index (χ1n) is 6.27. The van der Waals surface area contributed by atoms with Crippen LogP contribution in [-0.4, -0.2) is 41.9 Å². The fourth-order valence-corrected chi connectivity index (χ4v) is 2.23. The Hall–Kier alpha value is -2.01. The van der Waals surface area contributed by atoms with Crippen LogP contribution in [0.1, 0.15) is 12.0 Å². The lowest BCUT2D eigenvalue weighted by atomic mass is 10.2. The van der Waals surface area contributed by atoms with Crippen LogP contribution in [-0.2, 0) is 4.79 Å². The SMILES string of the molecule is O=C(C=Cc1ccc2c(c1)OCO2)N1CCC(O)C1. The molecule has 1 aromatic carbocycles. The van der Waals surface area contributed by atoms with Crippen LogP contribution < -0.4 is 9.47 Å². The number of aliphatic hydroxyl groups excluding tert-OH is 1. The molecule has 1 atom stereocenters. The summed E-state index contributed by atoms with van der Waals surface area (Å²) in [5.74, 6) is 1.35. The number of amides is 1. The van der Waals surface area contributed by atoms with Crippen LogP contribution in [0.5, 0.6) is 11.5 Å². The summed E-state index contributed by atoms with van der Waals surface area (Å²) in [7, 11) is 0.